The van der Waals surface area contributed by atoms with E-state index in [9.17, 15) is 4.79 Å². The molecule has 1 aromatic rings. The molecule has 21 heavy (non-hydrogen) atoms. The molecular formula is C15H20ClN3O2. The van der Waals surface area contributed by atoms with E-state index in [-0.39, 0.29) is 12.1 Å². The van der Waals surface area contributed by atoms with Crippen molar-refractivity contribution in [2.75, 3.05) is 18.0 Å². The highest BCUT2D eigenvalue weighted by Gasteiger charge is 2.46. The molecule has 3 rings (SSSR count). The number of fused-ring (bicyclic) bond motifs is 2. The van der Waals surface area contributed by atoms with E-state index in [0.717, 1.165) is 18.7 Å². The third kappa shape index (κ3) is 2.79. The molecule has 0 aromatic carbocycles. The highest BCUT2D eigenvalue weighted by atomic mass is 35.5. The van der Waals surface area contributed by atoms with Gasteiger partial charge in [-0.3, -0.25) is 4.98 Å². The van der Waals surface area contributed by atoms with Crippen molar-refractivity contribution in [1.29, 1.82) is 0 Å². The fourth-order valence-corrected chi connectivity index (χ4v) is 3.30. The van der Waals surface area contributed by atoms with Gasteiger partial charge < -0.3 is 14.5 Å². The summed E-state index contributed by atoms with van der Waals surface area (Å²) in [7, 11) is 0. The lowest BCUT2D eigenvalue weighted by molar-refractivity contribution is 0.0215. The van der Waals surface area contributed by atoms with Crippen molar-refractivity contribution < 1.29 is 9.53 Å². The first-order chi connectivity index (χ1) is 9.85. The van der Waals surface area contributed by atoms with Crippen LogP contribution >= 0.6 is 11.6 Å². The van der Waals surface area contributed by atoms with Crippen LogP contribution < -0.4 is 4.90 Å². The summed E-state index contributed by atoms with van der Waals surface area (Å²) in [5.41, 5.74) is 0.501. The number of amides is 1. The highest BCUT2D eigenvalue weighted by molar-refractivity contribution is 6.33. The van der Waals surface area contributed by atoms with E-state index in [4.69, 9.17) is 16.3 Å². The Hall–Kier alpha value is -1.49. The highest BCUT2D eigenvalue weighted by Crippen LogP contribution is 2.37. The molecule has 2 aliphatic heterocycles. The lowest BCUT2D eigenvalue weighted by atomic mass is 10.2. The van der Waals surface area contributed by atoms with Gasteiger partial charge in [-0.25, -0.2) is 4.79 Å². The summed E-state index contributed by atoms with van der Waals surface area (Å²) in [6, 6.07) is 2.29. The molecule has 2 atom stereocenters. The molecule has 2 fully saturated rings. The third-order valence-corrected chi connectivity index (χ3v) is 4.25. The number of rotatable bonds is 1. The Bertz CT molecular complexity index is 558. The number of ether oxygens (including phenoxy) is 1. The number of likely N-dealkylation sites (tertiary alicyclic amines) is 1. The standard InChI is InChI=1S/C15H20ClN3O2/c1-15(2,3)21-14(20)19-9-10-6-11(19)8-18(10)13-7-17-5-4-12(13)16/h4-5,7,10-11H,6,8-9H2,1-3H3. The maximum Gasteiger partial charge on any atom is 0.410 e. The van der Waals surface area contributed by atoms with Gasteiger partial charge in [0.25, 0.3) is 0 Å². The van der Waals surface area contributed by atoms with Gasteiger partial charge in [0.2, 0.25) is 0 Å². The topological polar surface area (TPSA) is 45.7 Å². The Morgan fingerprint density at radius 2 is 2.14 bits per heavy atom. The molecule has 2 aliphatic rings. The van der Waals surface area contributed by atoms with Crippen LogP contribution in [0.1, 0.15) is 27.2 Å². The second-order valence-electron chi connectivity index (χ2n) is 6.66. The normalized spacial score (nSPS) is 24.6. The van der Waals surface area contributed by atoms with Crippen LogP contribution in [0.2, 0.25) is 5.02 Å². The number of pyridine rings is 1. The number of nitrogens with zero attached hydrogens (tertiary/aromatic N) is 3. The molecule has 2 saturated heterocycles. The number of hydrogen-bond acceptors (Lipinski definition) is 4. The lowest BCUT2D eigenvalue weighted by Gasteiger charge is -2.36. The zero-order valence-corrected chi connectivity index (χ0v) is 13.3. The summed E-state index contributed by atoms with van der Waals surface area (Å²) in [5, 5.41) is 0.710. The average Bonchev–Trinajstić information content (AvgIpc) is 2.96. The van der Waals surface area contributed by atoms with E-state index in [2.05, 4.69) is 9.88 Å². The Balaban J connectivity index is 1.70. The van der Waals surface area contributed by atoms with Crippen LogP contribution in [0.25, 0.3) is 0 Å². The van der Waals surface area contributed by atoms with E-state index in [1.165, 1.54) is 0 Å². The zero-order valence-electron chi connectivity index (χ0n) is 12.5. The van der Waals surface area contributed by atoms with Gasteiger partial charge in [-0.2, -0.15) is 0 Å². The molecule has 0 radical (unpaired) electrons. The zero-order chi connectivity index (χ0) is 15.2. The molecule has 1 aromatic heterocycles. The third-order valence-electron chi connectivity index (χ3n) is 3.93. The largest absolute Gasteiger partial charge is 0.444 e. The van der Waals surface area contributed by atoms with Crippen LogP contribution in [0.5, 0.6) is 0 Å². The Morgan fingerprint density at radius 3 is 2.71 bits per heavy atom. The maximum absolute atomic E-state index is 12.2. The first-order valence-electron chi connectivity index (χ1n) is 7.21. The summed E-state index contributed by atoms with van der Waals surface area (Å²) in [6.07, 6.45) is 4.23. The monoisotopic (exact) mass is 309 g/mol. The van der Waals surface area contributed by atoms with Crippen molar-refractivity contribution >= 4 is 23.4 Å². The number of aromatic nitrogens is 1. The van der Waals surface area contributed by atoms with Crippen LogP contribution in [0.3, 0.4) is 0 Å². The average molecular weight is 310 g/mol. The first kappa shape index (κ1) is 14.4. The van der Waals surface area contributed by atoms with Crippen LogP contribution in [0, 0.1) is 0 Å². The molecule has 0 spiro atoms. The molecule has 2 bridgehead atoms. The van der Waals surface area contributed by atoms with Crippen LogP contribution in [-0.2, 0) is 4.74 Å². The molecule has 6 heteroatoms. The van der Waals surface area contributed by atoms with Crippen molar-refractivity contribution in [3.05, 3.63) is 23.5 Å². The van der Waals surface area contributed by atoms with E-state index < -0.39 is 5.60 Å². The SMILES string of the molecule is CC(C)(C)OC(=O)N1CC2CC1CN2c1cnccc1Cl. The van der Waals surface area contributed by atoms with Crippen LogP contribution in [-0.4, -0.2) is 46.8 Å². The number of anilines is 1. The van der Waals surface area contributed by atoms with Crippen LogP contribution in [0.15, 0.2) is 18.5 Å². The van der Waals surface area contributed by atoms with E-state index in [0.29, 0.717) is 17.6 Å². The van der Waals surface area contributed by atoms with Gasteiger partial charge in [-0.1, -0.05) is 11.6 Å². The van der Waals surface area contributed by atoms with Crippen molar-refractivity contribution in [2.24, 2.45) is 0 Å². The molecule has 0 saturated carbocycles. The lowest BCUT2D eigenvalue weighted by Crippen LogP contribution is -2.50. The van der Waals surface area contributed by atoms with E-state index >= 15 is 0 Å². The van der Waals surface area contributed by atoms with Crippen molar-refractivity contribution in [3.8, 4) is 0 Å². The number of halogens is 1. The molecule has 2 unspecified atom stereocenters. The fraction of sp³-hybridized carbons (Fsp3) is 0.600. The van der Waals surface area contributed by atoms with Gasteiger partial charge >= 0.3 is 6.09 Å². The predicted octanol–water partition coefficient (Wildman–Crippen LogP) is 2.93. The molecule has 1 amide bonds. The summed E-state index contributed by atoms with van der Waals surface area (Å²) < 4.78 is 5.47. The number of carbonyl (C=O) groups excluding carboxylic acids is 1. The van der Waals surface area contributed by atoms with Gasteiger partial charge in [0.05, 0.1) is 22.9 Å². The second kappa shape index (κ2) is 5.05. The van der Waals surface area contributed by atoms with E-state index in [1.54, 1.807) is 18.5 Å². The van der Waals surface area contributed by atoms with Gasteiger partial charge in [0, 0.05) is 25.3 Å². The Kier molecular flexibility index (Phi) is 3.48. The molecule has 114 valence electrons. The number of hydrogen-bond donors (Lipinski definition) is 0. The second-order valence-corrected chi connectivity index (χ2v) is 7.06. The maximum atomic E-state index is 12.2. The van der Waals surface area contributed by atoms with Gasteiger partial charge in [0.15, 0.2) is 0 Å². The summed E-state index contributed by atoms with van der Waals surface area (Å²) in [4.78, 5) is 20.4. The van der Waals surface area contributed by atoms with Crippen molar-refractivity contribution in [2.45, 2.75) is 44.9 Å². The molecule has 0 N–H and O–H groups in total. The quantitative estimate of drug-likeness (QED) is 0.800. The summed E-state index contributed by atoms with van der Waals surface area (Å²) >= 11 is 6.24. The molecule has 5 nitrogen and oxygen atoms in total. The fourth-order valence-electron chi connectivity index (χ4n) is 3.09. The molecule has 3 heterocycles. The molecular weight excluding hydrogens is 290 g/mol. The number of piperazine rings is 1. The minimum atomic E-state index is -0.453. The summed E-state index contributed by atoms with van der Waals surface area (Å²) in [5.74, 6) is 0. The molecule has 0 aliphatic carbocycles. The predicted molar refractivity (Wildman–Crippen MR) is 81.7 cm³/mol. The summed E-state index contributed by atoms with van der Waals surface area (Å²) in [6.45, 7) is 7.14. The Morgan fingerprint density at radius 1 is 1.38 bits per heavy atom. The first-order valence-corrected chi connectivity index (χ1v) is 7.59. The van der Waals surface area contributed by atoms with Gasteiger partial charge in [0.1, 0.15) is 5.60 Å². The Labute approximate surface area is 129 Å². The van der Waals surface area contributed by atoms with Gasteiger partial charge in [-0.05, 0) is 33.3 Å². The van der Waals surface area contributed by atoms with E-state index in [1.807, 2.05) is 25.7 Å². The van der Waals surface area contributed by atoms with Crippen LogP contribution in [0.4, 0.5) is 10.5 Å². The smallest absolute Gasteiger partial charge is 0.410 e. The minimum Gasteiger partial charge on any atom is -0.444 e. The number of carbonyl (C=O) groups is 1. The van der Waals surface area contributed by atoms with Gasteiger partial charge in [-0.15, -0.1) is 0 Å². The van der Waals surface area contributed by atoms with Crippen molar-refractivity contribution in [3.63, 3.8) is 0 Å². The minimum absolute atomic E-state index is 0.195. The van der Waals surface area contributed by atoms with Crippen molar-refractivity contribution in [1.82, 2.24) is 9.88 Å².